The maximum atomic E-state index is 12.2. The van der Waals surface area contributed by atoms with Gasteiger partial charge in [-0.2, -0.15) is 5.26 Å². The maximum absolute atomic E-state index is 12.2. The van der Waals surface area contributed by atoms with Crippen molar-refractivity contribution in [3.8, 4) is 12.0 Å². The molecule has 2 aromatic heterocycles. The molecule has 0 N–H and O–H groups in total. The van der Waals surface area contributed by atoms with Crippen LogP contribution in [0.4, 0.5) is 0 Å². The molecular formula is C15H14N4O3S. The third-order valence-electron chi connectivity index (χ3n) is 3.75. The van der Waals surface area contributed by atoms with Crippen LogP contribution in [0.5, 0.6) is 5.95 Å². The van der Waals surface area contributed by atoms with Crippen molar-refractivity contribution in [2.24, 2.45) is 7.05 Å². The number of Topliss-reactive ketones (excluding diaryl/α,β-unsaturated/α-hetero) is 1. The fourth-order valence-corrected chi connectivity index (χ4v) is 3.46. The van der Waals surface area contributed by atoms with Crippen molar-refractivity contribution in [3.63, 3.8) is 0 Å². The van der Waals surface area contributed by atoms with Gasteiger partial charge in [-0.25, -0.2) is 4.98 Å². The summed E-state index contributed by atoms with van der Waals surface area (Å²) in [6.45, 7) is 0. The van der Waals surface area contributed by atoms with Crippen molar-refractivity contribution in [1.82, 2.24) is 10.3 Å². The van der Waals surface area contributed by atoms with Crippen LogP contribution in [0.3, 0.4) is 0 Å². The Labute approximate surface area is 136 Å². The molecule has 0 fully saturated rings. The molecule has 0 unspecified atom stereocenters. The lowest BCUT2D eigenvalue weighted by molar-refractivity contribution is -0.741. The summed E-state index contributed by atoms with van der Waals surface area (Å²) >= 11 is 1.16. The molecule has 8 heteroatoms. The topological polar surface area (TPSA) is 107 Å². The third kappa shape index (κ3) is 3.05. The van der Waals surface area contributed by atoms with E-state index in [4.69, 9.17) is 0 Å². The maximum Gasteiger partial charge on any atom is 0.300 e. The first-order valence-electron chi connectivity index (χ1n) is 7.22. The number of hydrogen-bond acceptors (Lipinski definition) is 7. The van der Waals surface area contributed by atoms with Crippen LogP contribution < -0.4 is 9.79 Å². The van der Waals surface area contributed by atoms with Gasteiger partial charge in [0.05, 0.1) is 16.6 Å². The fourth-order valence-electron chi connectivity index (χ4n) is 2.62. The van der Waals surface area contributed by atoms with Gasteiger partial charge >= 0.3 is 0 Å². The summed E-state index contributed by atoms with van der Waals surface area (Å²) in [6.07, 6.45) is 4.04. The van der Waals surface area contributed by atoms with Gasteiger partial charge in [-0.3, -0.25) is 4.79 Å². The number of ketones is 1. The Morgan fingerprint density at radius 3 is 3.00 bits per heavy atom. The van der Waals surface area contributed by atoms with E-state index >= 15 is 0 Å². The fraction of sp³-hybridized carbons (Fsp3) is 0.400. The molecule has 1 aliphatic carbocycles. The molecule has 23 heavy (non-hydrogen) atoms. The summed E-state index contributed by atoms with van der Waals surface area (Å²) in [4.78, 5) is 16.7. The number of carbonyl (C=O) groups is 1. The summed E-state index contributed by atoms with van der Waals surface area (Å²) in [5.41, 5.74) is 2.50. The number of fused-ring (bicyclic) bond motifs is 1. The van der Waals surface area contributed by atoms with E-state index in [0.717, 1.165) is 53.4 Å². The van der Waals surface area contributed by atoms with Crippen LogP contribution in [0.15, 0.2) is 15.6 Å². The number of rotatable bonds is 4. The van der Waals surface area contributed by atoms with Gasteiger partial charge in [0.25, 0.3) is 5.69 Å². The van der Waals surface area contributed by atoms with Gasteiger partial charge in [-0.05, 0) is 37.3 Å². The Kier molecular flexibility index (Phi) is 4.30. The highest BCUT2D eigenvalue weighted by Crippen LogP contribution is 2.27. The molecule has 3 rings (SSSR count). The zero-order valence-electron chi connectivity index (χ0n) is 12.5. The van der Waals surface area contributed by atoms with Crippen LogP contribution in [0, 0.1) is 11.3 Å². The monoisotopic (exact) mass is 330 g/mol. The zero-order chi connectivity index (χ0) is 16.4. The number of aromatic nitrogens is 3. The van der Waals surface area contributed by atoms with E-state index in [1.165, 1.54) is 7.05 Å². The number of pyridine rings is 1. The van der Waals surface area contributed by atoms with Crippen LogP contribution in [0.1, 0.15) is 40.2 Å². The van der Waals surface area contributed by atoms with Crippen molar-refractivity contribution >= 4 is 17.5 Å². The first kappa shape index (κ1) is 15.5. The molecule has 0 saturated carbocycles. The van der Waals surface area contributed by atoms with Crippen LogP contribution in [-0.2, 0) is 19.9 Å². The van der Waals surface area contributed by atoms with E-state index in [1.807, 2.05) is 6.07 Å². The van der Waals surface area contributed by atoms with Gasteiger partial charge in [0.15, 0.2) is 13.0 Å². The molecule has 0 radical (unpaired) electrons. The molecule has 0 bridgehead atoms. The smallest absolute Gasteiger partial charge is 0.300 e. The van der Waals surface area contributed by atoms with Crippen LogP contribution >= 0.6 is 11.8 Å². The van der Waals surface area contributed by atoms with E-state index in [-0.39, 0.29) is 11.4 Å². The number of carbonyl (C=O) groups excluding carboxylic acids is 1. The standard InChI is InChI=1S/C15H14N4O3S/c1-19-13(15(21)22-18-19)12(20)8-23-14-10(7-16)6-9-4-2-3-5-11(9)17-14/h6H,2-5,8H2,1H3. The molecule has 0 spiro atoms. The number of nitriles is 1. The quantitative estimate of drug-likeness (QED) is 0.461. The highest BCUT2D eigenvalue weighted by Gasteiger charge is 2.24. The summed E-state index contributed by atoms with van der Waals surface area (Å²) < 4.78 is 5.57. The number of nitrogens with zero attached hydrogens (tertiary/aromatic N) is 4. The third-order valence-corrected chi connectivity index (χ3v) is 4.74. The molecule has 0 aromatic carbocycles. The lowest BCUT2D eigenvalue weighted by atomic mass is 9.95. The van der Waals surface area contributed by atoms with E-state index < -0.39 is 11.7 Å². The number of aryl methyl sites for hydroxylation is 3. The van der Waals surface area contributed by atoms with Crippen LogP contribution in [0.25, 0.3) is 0 Å². The molecule has 0 atom stereocenters. The minimum absolute atomic E-state index is 0.00472. The van der Waals surface area contributed by atoms with Crippen LogP contribution in [-0.4, -0.2) is 21.8 Å². The predicted molar refractivity (Wildman–Crippen MR) is 77.8 cm³/mol. The SMILES string of the molecule is C[n+]1noc([O-])c1C(=O)CSc1nc2c(cc1C#N)CCCC2. The average Bonchev–Trinajstić information content (AvgIpc) is 2.90. The Hall–Kier alpha value is -2.40. The first-order valence-corrected chi connectivity index (χ1v) is 8.20. The minimum Gasteiger partial charge on any atom is -0.539 e. The Bertz CT molecular complexity index is 790. The van der Waals surface area contributed by atoms with Crippen molar-refractivity contribution < 1.29 is 19.1 Å². The molecular weight excluding hydrogens is 316 g/mol. The van der Waals surface area contributed by atoms with Crippen molar-refractivity contribution in [1.29, 1.82) is 5.26 Å². The molecule has 0 aliphatic heterocycles. The minimum atomic E-state index is -0.753. The second kappa shape index (κ2) is 6.38. The summed E-state index contributed by atoms with van der Waals surface area (Å²) in [5, 5.41) is 24.7. The molecule has 7 nitrogen and oxygen atoms in total. The second-order valence-electron chi connectivity index (χ2n) is 5.31. The lowest BCUT2D eigenvalue weighted by Crippen LogP contribution is -2.37. The molecule has 1 aliphatic rings. The second-order valence-corrected chi connectivity index (χ2v) is 6.27. The van der Waals surface area contributed by atoms with Gasteiger partial charge in [-0.1, -0.05) is 16.4 Å². The highest BCUT2D eigenvalue weighted by atomic mass is 32.2. The molecule has 2 heterocycles. The summed E-state index contributed by atoms with van der Waals surface area (Å²) in [6, 6.07) is 4.00. The van der Waals surface area contributed by atoms with Gasteiger partial charge in [0.1, 0.15) is 11.1 Å². The Morgan fingerprint density at radius 2 is 2.30 bits per heavy atom. The van der Waals surface area contributed by atoms with Crippen LogP contribution in [0.2, 0.25) is 0 Å². The van der Waals surface area contributed by atoms with E-state index in [2.05, 4.69) is 20.8 Å². The number of hydrogen-bond donors (Lipinski definition) is 0. The largest absolute Gasteiger partial charge is 0.539 e. The zero-order valence-corrected chi connectivity index (χ0v) is 13.4. The van der Waals surface area contributed by atoms with Crippen molar-refractivity contribution in [2.45, 2.75) is 30.7 Å². The number of thioether (sulfide) groups is 1. The van der Waals surface area contributed by atoms with E-state index in [1.54, 1.807) is 0 Å². The molecule has 0 saturated heterocycles. The lowest BCUT2D eigenvalue weighted by Gasteiger charge is -2.16. The molecule has 118 valence electrons. The average molecular weight is 330 g/mol. The first-order chi connectivity index (χ1) is 11.1. The summed E-state index contributed by atoms with van der Waals surface area (Å²) in [7, 11) is 1.47. The molecule has 0 amide bonds. The Balaban J connectivity index is 1.80. The van der Waals surface area contributed by atoms with Gasteiger partial charge < -0.3 is 9.63 Å². The van der Waals surface area contributed by atoms with E-state index in [9.17, 15) is 15.2 Å². The van der Waals surface area contributed by atoms with Gasteiger partial charge in [-0.15, -0.1) is 0 Å². The van der Waals surface area contributed by atoms with Crippen molar-refractivity contribution in [3.05, 3.63) is 28.6 Å². The normalized spacial score (nSPS) is 13.4. The predicted octanol–water partition coefficient (Wildman–Crippen LogP) is 0.693. The van der Waals surface area contributed by atoms with E-state index in [0.29, 0.717) is 10.6 Å². The van der Waals surface area contributed by atoms with Gasteiger partial charge in [0, 0.05) is 5.69 Å². The van der Waals surface area contributed by atoms with Crippen molar-refractivity contribution in [2.75, 3.05) is 5.75 Å². The Morgan fingerprint density at radius 1 is 1.52 bits per heavy atom. The highest BCUT2D eigenvalue weighted by molar-refractivity contribution is 8.00. The molecule has 2 aromatic rings. The van der Waals surface area contributed by atoms with Gasteiger partial charge in [0.2, 0.25) is 5.78 Å². The summed E-state index contributed by atoms with van der Waals surface area (Å²) in [5.74, 6) is -1.14.